The molecule has 130 valence electrons. The van der Waals surface area contributed by atoms with Gasteiger partial charge in [0, 0.05) is 19.8 Å². The van der Waals surface area contributed by atoms with Gasteiger partial charge in [-0.25, -0.2) is 14.4 Å². The van der Waals surface area contributed by atoms with Crippen molar-refractivity contribution in [3.05, 3.63) is 66.6 Å². The second-order valence-corrected chi connectivity index (χ2v) is 5.64. The van der Waals surface area contributed by atoms with Gasteiger partial charge in [0.05, 0.1) is 17.8 Å². The van der Waals surface area contributed by atoms with Gasteiger partial charge in [0.15, 0.2) is 17.2 Å². The fourth-order valence-corrected chi connectivity index (χ4v) is 2.56. The Morgan fingerprint density at radius 1 is 1.19 bits per heavy atom. The van der Waals surface area contributed by atoms with E-state index in [1.165, 1.54) is 18.6 Å². The lowest BCUT2D eigenvalue weighted by Gasteiger charge is -2.09. The molecule has 4 aromatic rings. The molecule has 0 fully saturated rings. The normalized spacial score (nSPS) is 10.8. The Labute approximate surface area is 148 Å². The summed E-state index contributed by atoms with van der Waals surface area (Å²) in [5.41, 5.74) is 1.49. The van der Waals surface area contributed by atoms with Gasteiger partial charge in [-0.2, -0.15) is 5.10 Å². The monoisotopic (exact) mass is 350 g/mol. The number of nitrogens with one attached hydrogen (secondary N) is 1. The summed E-state index contributed by atoms with van der Waals surface area (Å²) in [7, 11) is 1.81. The molecule has 4 rings (SSSR count). The van der Waals surface area contributed by atoms with E-state index in [1.54, 1.807) is 41.3 Å². The molecule has 1 N–H and O–H groups in total. The van der Waals surface area contributed by atoms with Crippen LogP contribution in [0.4, 0.5) is 10.2 Å². The molecule has 1 aromatic carbocycles. The first-order chi connectivity index (χ1) is 12.7. The molecule has 0 aliphatic rings. The number of fused-ring (bicyclic) bond motifs is 1. The van der Waals surface area contributed by atoms with Gasteiger partial charge in [-0.3, -0.25) is 9.67 Å². The molecular weight excluding hydrogens is 335 g/mol. The van der Waals surface area contributed by atoms with E-state index in [9.17, 15) is 4.39 Å². The van der Waals surface area contributed by atoms with Gasteiger partial charge in [-0.1, -0.05) is 6.07 Å². The lowest BCUT2D eigenvalue weighted by molar-refractivity contribution is 0.440. The Bertz CT molecular complexity index is 1050. The summed E-state index contributed by atoms with van der Waals surface area (Å²) in [5, 5.41) is 8.17. The van der Waals surface area contributed by atoms with Crippen LogP contribution in [0.15, 0.2) is 55.2 Å². The highest BCUT2D eigenvalue weighted by Gasteiger charge is 2.09. The third kappa shape index (κ3) is 3.16. The molecular formula is C18H15FN6O. The van der Waals surface area contributed by atoms with E-state index in [1.807, 2.05) is 7.05 Å². The smallest absolute Gasteiger partial charge is 0.166 e. The Hall–Kier alpha value is -3.55. The van der Waals surface area contributed by atoms with Crippen LogP contribution < -0.4 is 10.1 Å². The molecule has 0 aliphatic carbocycles. The largest absolute Gasteiger partial charge is 0.453 e. The zero-order valence-corrected chi connectivity index (χ0v) is 13.9. The molecule has 0 aliphatic heterocycles. The lowest BCUT2D eigenvalue weighted by Crippen LogP contribution is -2.03. The van der Waals surface area contributed by atoms with Crippen molar-refractivity contribution < 1.29 is 9.13 Å². The van der Waals surface area contributed by atoms with Crippen molar-refractivity contribution in [2.75, 3.05) is 5.32 Å². The zero-order valence-electron chi connectivity index (χ0n) is 13.9. The Kier molecular flexibility index (Phi) is 4.14. The Balaban J connectivity index is 1.49. The molecule has 0 saturated heterocycles. The zero-order chi connectivity index (χ0) is 17.9. The quantitative estimate of drug-likeness (QED) is 0.595. The summed E-state index contributed by atoms with van der Waals surface area (Å²) < 4.78 is 21.5. The molecule has 0 unspecified atom stereocenters. The van der Waals surface area contributed by atoms with Crippen molar-refractivity contribution in [3.63, 3.8) is 0 Å². The maximum atomic E-state index is 14.3. The fourth-order valence-electron chi connectivity index (χ4n) is 2.56. The van der Waals surface area contributed by atoms with Crippen LogP contribution in [0, 0.1) is 5.82 Å². The van der Waals surface area contributed by atoms with Crippen molar-refractivity contribution >= 4 is 16.9 Å². The summed E-state index contributed by atoms with van der Waals surface area (Å²) in [6, 6.07) is 8.27. The Morgan fingerprint density at radius 3 is 2.92 bits per heavy atom. The minimum Gasteiger partial charge on any atom is -0.453 e. The standard InChI is InChI=1S/C18H15FN6O/c1-25-18-14(10-24-25)17(22-11-23-18)21-8-12-4-5-16(15(19)7-12)26-13-3-2-6-20-9-13/h2-7,9-11H,8H2,1H3,(H,21,22,23). The average molecular weight is 350 g/mol. The van der Waals surface area contributed by atoms with Crippen LogP contribution in [0.5, 0.6) is 11.5 Å². The van der Waals surface area contributed by atoms with Gasteiger partial charge in [0.1, 0.15) is 17.9 Å². The van der Waals surface area contributed by atoms with Crippen molar-refractivity contribution in [1.29, 1.82) is 0 Å². The molecule has 3 aromatic heterocycles. The van der Waals surface area contributed by atoms with Crippen molar-refractivity contribution in [3.8, 4) is 11.5 Å². The minimum atomic E-state index is -0.442. The number of pyridine rings is 1. The van der Waals surface area contributed by atoms with Crippen LogP contribution >= 0.6 is 0 Å². The van der Waals surface area contributed by atoms with E-state index >= 15 is 0 Å². The van der Waals surface area contributed by atoms with E-state index in [-0.39, 0.29) is 5.75 Å². The minimum absolute atomic E-state index is 0.151. The van der Waals surface area contributed by atoms with Crippen LogP contribution in [-0.2, 0) is 13.6 Å². The van der Waals surface area contributed by atoms with E-state index in [4.69, 9.17) is 4.74 Å². The molecule has 26 heavy (non-hydrogen) atoms. The number of ether oxygens (including phenoxy) is 1. The molecule has 0 amide bonds. The number of hydrogen-bond donors (Lipinski definition) is 1. The molecule has 0 atom stereocenters. The van der Waals surface area contributed by atoms with Crippen LogP contribution in [0.3, 0.4) is 0 Å². The summed E-state index contributed by atoms with van der Waals surface area (Å²) in [5.74, 6) is 0.845. The van der Waals surface area contributed by atoms with Crippen molar-refractivity contribution in [2.45, 2.75) is 6.54 Å². The van der Waals surface area contributed by atoms with Gasteiger partial charge in [0.2, 0.25) is 0 Å². The van der Waals surface area contributed by atoms with Crippen molar-refractivity contribution in [1.82, 2.24) is 24.7 Å². The molecule has 7 nitrogen and oxygen atoms in total. The predicted octanol–water partition coefficient (Wildman–Crippen LogP) is 3.30. The van der Waals surface area contributed by atoms with E-state index in [2.05, 4.69) is 25.4 Å². The fraction of sp³-hybridized carbons (Fsp3) is 0.111. The molecule has 0 saturated carbocycles. The highest BCUT2D eigenvalue weighted by atomic mass is 19.1. The van der Waals surface area contributed by atoms with Gasteiger partial charge in [-0.15, -0.1) is 0 Å². The number of aromatic nitrogens is 5. The highest BCUT2D eigenvalue weighted by Crippen LogP contribution is 2.25. The second-order valence-electron chi connectivity index (χ2n) is 5.64. The van der Waals surface area contributed by atoms with E-state index in [0.717, 1.165) is 16.6 Å². The van der Waals surface area contributed by atoms with Crippen LogP contribution in [-0.4, -0.2) is 24.7 Å². The average Bonchev–Trinajstić information content (AvgIpc) is 3.05. The van der Waals surface area contributed by atoms with Crippen LogP contribution in [0.2, 0.25) is 0 Å². The van der Waals surface area contributed by atoms with Gasteiger partial charge in [-0.05, 0) is 29.8 Å². The first-order valence-electron chi connectivity index (χ1n) is 7.93. The topological polar surface area (TPSA) is 77.8 Å². The number of halogens is 1. The summed E-state index contributed by atoms with van der Waals surface area (Å²) in [4.78, 5) is 12.4. The molecule has 0 bridgehead atoms. The van der Waals surface area contributed by atoms with Gasteiger partial charge in [0.25, 0.3) is 0 Å². The predicted molar refractivity (Wildman–Crippen MR) is 94.3 cm³/mol. The number of hydrogen-bond acceptors (Lipinski definition) is 6. The maximum Gasteiger partial charge on any atom is 0.166 e. The molecule has 3 heterocycles. The first kappa shape index (κ1) is 15.9. The summed E-state index contributed by atoms with van der Waals surface area (Å²) >= 11 is 0. The number of aryl methyl sites for hydroxylation is 1. The van der Waals surface area contributed by atoms with Gasteiger partial charge >= 0.3 is 0 Å². The summed E-state index contributed by atoms with van der Waals surface area (Å²) in [6.07, 6.45) is 6.33. The summed E-state index contributed by atoms with van der Waals surface area (Å²) in [6.45, 7) is 0.408. The molecule has 8 heteroatoms. The number of nitrogens with zero attached hydrogens (tertiary/aromatic N) is 5. The van der Waals surface area contributed by atoms with E-state index < -0.39 is 5.82 Å². The second kappa shape index (κ2) is 6.75. The highest BCUT2D eigenvalue weighted by molar-refractivity contribution is 5.85. The SMILES string of the molecule is Cn1ncc2c(NCc3ccc(Oc4cccnc4)c(F)c3)ncnc21. The van der Waals surface area contributed by atoms with Crippen LogP contribution in [0.25, 0.3) is 11.0 Å². The third-order valence-electron chi connectivity index (χ3n) is 3.85. The van der Waals surface area contributed by atoms with Crippen molar-refractivity contribution in [2.24, 2.45) is 7.05 Å². The third-order valence-corrected chi connectivity index (χ3v) is 3.85. The van der Waals surface area contributed by atoms with Crippen LogP contribution in [0.1, 0.15) is 5.56 Å². The van der Waals surface area contributed by atoms with Gasteiger partial charge < -0.3 is 10.1 Å². The molecule has 0 radical (unpaired) electrons. The first-order valence-corrected chi connectivity index (χ1v) is 7.93. The van der Waals surface area contributed by atoms with E-state index in [0.29, 0.717) is 18.1 Å². The maximum absolute atomic E-state index is 14.3. The lowest BCUT2D eigenvalue weighted by atomic mass is 10.2. The number of benzene rings is 1. The number of anilines is 1. The Morgan fingerprint density at radius 2 is 2.12 bits per heavy atom. The molecule has 0 spiro atoms. The number of rotatable bonds is 5.